The van der Waals surface area contributed by atoms with Crippen molar-refractivity contribution < 1.29 is 18.3 Å². The lowest BCUT2D eigenvalue weighted by Gasteiger charge is -2.34. The highest BCUT2D eigenvalue weighted by Crippen LogP contribution is 2.19. The van der Waals surface area contributed by atoms with E-state index < -0.39 is 10.0 Å². The fourth-order valence-corrected chi connectivity index (χ4v) is 4.20. The van der Waals surface area contributed by atoms with Crippen molar-refractivity contribution in [1.82, 2.24) is 9.21 Å². The highest BCUT2D eigenvalue weighted by atomic mass is 32.2. The first-order valence-electron chi connectivity index (χ1n) is 8.28. The third-order valence-corrected chi connectivity index (χ3v) is 6.19. The van der Waals surface area contributed by atoms with E-state index in [1.54, 1.807) is 41.3 Å². The van der Waals surface area contributed by atoms with Crippen LogP contribution in [0.4, 0.5) is 10.5 Å². The van der Waals surface area contributed by atoms with Crippen molar-refractivity contribution in [2.24, 2.45) is 0 Å². The number of amides is 2. The molecule has 138 valence electrons. The minimum Gasteiger partial charge on any atom is -0.508 e. The summed E-state index contributed by atoms with van der Waals surface area (Å²) < 4.78 is 26.8. The number of carbonyl (C=O) groups is 1. The van der Waals surface area contributed by atoms with Crippen LogP contribution in [-0.2, 0) is 10.0 Å². The molecule has 0 aromatic heterocycles. The van der Waals surface area contributed by atoms with Crippen LogP contribution in [0.3, 0.4) is 0 Å². The Morgan fingerprint density at radius 3 is 2.31 bits per heavy atom. The maximum atomic E-state index is 12.7. The molecule has 0 bridgehead atoms. The van der Waals surface area contributed by atoms with Crippen LogP contribution < -0.4 is 5.32 Å². The minimum atomic E-state index is -3.55. The molecule has 0 saturated carbocycles. The lowest BCUT2D eigenvalue weighted by molar-refractivity contribution is 0.184. The van der Waals surface area contributed by atoms with E-state index in [2.05, 4.69) is 5.32 Å². The third-order valence-electron chi connectivity index (χ3n) is 4.28. The number of carbonyl (C=O) groups excluding carboxylic acids is 1. The average Bonchev–Trinajstić information content (AvgIpc) is 2.62. The molecule has 1 aliphatic heterocycles. The number of sulfonamides is 1. The Morgan fingerprint density at radius 2 is 1.69 bits per heavy atom. The number of urea groups is 1. The smallest absolute Gasteiger partial charge is 0.321 e. The Kier molecular flexibility index (Phi) is 5.15. The number of phenolic OH excluding ortho intramolecular Hbond substituents is 1. The van der Waals surface area contributed by atoms with Crippen molar-refractivity contribution in [3.63, 3.8) is 0 Å². The van der Waals surface area contributed by atoms with Crippen LogP contribution >= 0.6 is 0 Å². The van der Waals surface area contributed by atoms with Crippen molar-refractivity contribution in [2.75, 3.05) is 31.5 Å². The first-order valence-corrected chi connectivity index (χ1v) is 9.72. The van der Waals surface area contributed by atoms with Crippen molar-refractivity contribution in [2.45, 2.75) is 11.8 Å². The van der Waals surface area contributed by atoms with Crippen LogP contribution in [0, 0.1) is 6.92 Å². The number of anilines is 1. The quantitative estimate of drug-likeness (QED) is 0.861. The van der Waals surface area contributed by atoms with Crippen LogP contribution in [0.5, 0.6) is 5.75 Å². The molecule has 0 unspecified atom stereocenters. The summed E-state index contributed by atoms with van der Waals surface area (Å²) in [6, 6.07) is 12.7. The molecule has 1 aliphatic rings. The summed E-state index contributed by atoms with van der Waals surface area (Å²) in [5, 5.41) is 12.2. The third kappa shape index (κ3) is 3.97. The van der Waals surface area contributed by atoms with Gasteiger partial charge in [-0.2, -0.15) is 4.31 Å². The molecule has 1 heterocycles. The second-order valence-corrected chi connectivity index (χ2v) is 8.12. The normalized spacial score (nSPS) is 15.7. The van der Waals surface area contributed by atoms with Gasteiger partial charge in [0.15, 0.2) is 0 Å². The zero-order chi connectivity index (χ0) is 18.7. The average molecular weight is 375 g/mol. The molecule has 1 saturated heterocycles. The Bertz CT molecular complexity index is 889. The number of nitrogens with zero attached hydrogens (tertiary/aromatic N) is 2. The topological polar surface area (TPSA) is 90.0 Å². The summed E-state index contributed by atoms with van der Waals surface area (Å²) in [6.45, 7) is 2.99. The van der Waals surface area contributed by atoms with Gasteiger partial charge >= 0.3 is 6.03 Å². The molecule has 8 heteroatoms. The summed E-state index contributed by atoms with van der Waals surface area (Å²) in [4.78, 5) is 14.1. The monoisotopic (exact) mass is 375 g/mol. The SMILES string of the molecule is Cc1ccc(S(=O)(=O)N2CCN(C(=O)Nc3cccc(O)c3)CC2)cc1. The van der Waals surface area contributed by atoms with E-state index in [1.165, 1.54) is 16.4 Å². The van der Waals surface area contributed by atoms with E-state index in [0.29, 0.717) is 18.8 Å². The molecule has 3 rings (SSSR count). The summed E-state index contributed by atoms with van der Waals surface area (Å²) in [6.07, 6.45) is 0. The van der Waals surface area contributed by atoms with Gasteiger partial charge in [-0.3, -0.25) is 0 Å². The largest absolute Gasteiger partial charge is 0.508 e. The van der Waals surface area contributed by atoms with Crippen LogP contribution in [0.15, 0.2) is 53.4 Å². The molecule has 0 spiro atoms. The van der Waals surface area contributed by atoms with E-state index in [-0.39, 0.29) is 29.8 Å². The minimum absolute atomic E-state index is 0.0665. The number of aryl methyl sites for hydroxylation is 1. The van der Waals surface area contributed by atoms with E-state index >= 15 is 0 Å². The first kappa shape index (κ1) is 18.2. The van der Waals surface area contributed by atoms with Crippen molar-refractivity contribution in [1.29, 1.82) is 0 Å². The first-order chi connectivity index (χ1) is 12.4. The zero-order valence-corrected chi connectivity index (χ0v) is 15.2. The summed E-state index contributed by atoms with van der Waals surface area (Å²) >= 11 is 0. The zero-order valence-electron chi connectivity index (χ0n) is 14.4. The molecule has 1 fully saturated rings. The highest BCUT2D eigenvalue weighted by Gasteiger charge is 2.30. The van der Waals surface area contributed by atoms with Gasteiger partial charge in [-0.1, -0.05) is 23.8 Å². The molecular weight excluding hydrogens is 354 g/mol. The second-order valence-electron chi connectivity index (χ2n) is 6.18. The van der Waals surface area contributed by atoms with Gasteiger partial charge in [0.25, 0.3) is 0 Å². The van der Waals surface area contributed by atoms with Gasteiger partial charge in [-0.15, -0.1) is 0 Å². The van der Waals surface area contributed by atoms with Crippen LogP contribution in [0.2, 0.25) is 0 Å². The predicted molar refractivity (Wildman–Crippen MR) is 98.6 cm³/mol. The molecule has 0 atom stereocenters. The standard InChI is InChI=1S/C18H21N3O4S/c1-14-5-7-17(8-6-14)26(24,25)21-11-9-20(10-12-21)18(23)19-15-3-2-4-16(22)13-15/h2-8,13,22H,9-12H2,1H3,(H,19,23). The van der Waals surface area contributed by atoms with Crippen LogP contribution in [0.1, 0.15) is 5.56 Å². The van der Waals surface area contributed by atoms with E-state index in [4.69, 9.17) is 0 Å². The molecule has 2 amide bonds. The number of benzene rings is 2. The number of hydrogen-bond donors (Lipinski definition) is 2. The Hall–Kier alpha value is -2.58. The van der Waals surface area contributed by atoms with E-state index in [1.807, 2.05) is 6.92 Å². The maximum absolute atomic E-state index is 12.7. The van der Waals surface area contributed by atoms with Gasteiger partial charge < -0.3 is 15.3 Å². The molecule has 7 nitrogen and oxygen atoms in total. The van der Waals surface area contributed by atoms with Gasteiger partial charge in [-0.05, 0) is 31.2 Å². The summed E-state index contributed by atoms with van der Waals surface area (Å²) in [5.74, 6) is 0.0665. The second kappa shape index (κ2) is 7.35. The van der Waals surface area contributed by atoms with Crippen molar-refractivity contribution >= 4 is 21.7 Å². The predicted octanol–water partition coefficient (Wildman–Crippen LogP) is 2.24. The molecular formula is C18H21N3O4S. The van der Waals surface area contributed by atoms with Gasteiger partial charge in [0.1, 0.15) is 5.75 Å². The lowest BCUT2D eigenvalue weighted by atomic mass is 10.2. The lowest BCUT2D eigenvalue weighted by Crippen LogP contribution is -2.51. The number of nitrogens with one attached hydrogen (secondary N) is 1. The van der Waals surface area contributed by atoms with Crippen molar-refractivity contribution in [3.05, 3.63) is 54.1 Å². The molecule has 0 aliphatic carbocycles. The summed E-state index contributed by atoms with van der Waals surface area (Å²) in [5.41, 5.74) is 1.49. The Balaban J connectivity index is 1.61. The van der Waals surface area contributed by atoms with Crippen LogP contribution in [-0.4, -0.2) is 54.9 Å². The molecule has 0 radical (unpaired) electrons. The molecule has 2 aromatic rings. The number of piperazine rings is 1. The van der Waals surface area contributed by atoms with Crippen LogP contribution in [0.25, 0.3) is 0 Å². The molecule has 26 heavy (non-hydrogen) atoms. The van der Waals surface area contributed by atoms with E-state index in [9.17, 15) is 18.3 Å². The number of rotatable bonds is 3. The van der Waals surface area contributed by atoms with Gasteiger partial charge in [0.2, 0.25) is 10.0 Å². The molecule has 2 N–H and O–H groups in total. The fourth-order valence-electron chi connectivity index (χ4n) is 2.78. The van der Waals surface area contributed by atoms with Gasteiger partial charge in [-0.25, -0.2) is 13.2 Å². The number of aromatic hydroxyl groups is 1. The van der Waals surface area contributed by atoms with Crippen molar-refractivity contribution in [3.8, 4) is 5.75 Å². The molecule has 2 aromatic carbocycles. The van der Waals surface area contributed by atoms with Gasteiger partial charge in [0, 0.05) is 37.9 Å². The fraction of sp³-hybridized carbons (Fsp3) is 0.278. The number of hydrogen-bond acceptors (Lipinski definition) is 4. The number of phenols is 1. The maximum Gasteiger partial charge on any atom is 0.321 e. The van der Waals surface area contributed by atoms with Gasteiger partial charge in [0.05, 0.1) is 4.90 Å². The highest BCUT2D eigenvalue weighted by molar-refractivity contribution is 7.89. The van der Waals surface area contributed by atoms with E-state index in [0.717, 1.165) is 5.56 Å². The Morgan fingerprint density at radius 1 is 1.04 bits per heavy atom. The summed E-state index contributed by atoms with van der Waals surface area (Å²) in [7, 11) is -3.55. The Labute approximate surface area is 152 Å².